The molecule has 20 heavy (non-hydrogen) atoms. The predicted molar refractivity (Wildman–Crippen MR) is 86.0 cm³/mol. The zero-order chi connectivity index (χ0) is 13.8. The molecule has 3 unspecified atom stereocenters. The van der Waals surface area contributed by atoms with E-state index in [1.165, 1.54) is 90.5 Å². The summed E-state index contributed by atoms with van der Waals surface area (Å²) in [7, 11) is 0. The highest BCUT2D eigenvalue weighted by molar-refractivity contribution is 4.83. The van der Waals surface area contributed by atoms with Crippen LogP contribution in [0.4, 0.5) is 0 Å². The molecule has 3 rings (SSSR count). The second-order valence-corrected chi connectivity index (χ2v) is 7.77. The lowest BCUT2D eigenvalue weighted by molar-refractivity contribution is 0.132. The lowest BCUT2D eigenvalue weighted by Gasteiger charge is -2.36. The maximum atomic E-state index is 2.80. The average molecular weight is 278 g/mol. The zero-order valence-electron chi connectivity index (χ0n) is 13.5. The smallest absolute Gasteiger partial charge is 0.0223 e. The Hall–Kier alpha value is -0.0800. The Morgan fingerprint density at radius 1 is 0.900 bits per heavy atom. The number of hydrogen-bond acceptors (Lipinski definition) is 2. The standard InChI is InChI=1S/C18H34N2/c1-16-6-4-7-17(14-16)9-13-19-10-5-12-20-11-3-2-8-18(20)15-19/h16-18H,2-15H2,1H3. The summed E-state index contributed by atoms with van der Waals surface area (Å²) in [6.07, 6.45) is 13.2. The minimum absolute atomic E-state index is 0.886. The molecule has 3 atom stereocenters. The van der Waals surface area contributed by atoms with Crippen LogP contribution in [0, 0.1) is 11.8 Å². The molecule has 0 bridgehead atoms. The molecule has 0 aromatic carbocycles. The fraction of sp³-hybridized carbons (Fsp3) is 1.00. The Balaban J connectivity index is 1.45. The summed E-state index contributed by atoms with van der Waals surface area (Å²) in [6, 6.07) is 0.886. The van der Waals surface area contributed by atoms with Gasteiger partial charge < -0.3 is 4.90 Å². The summed E-state index contributed by atoms with van der Waals surface area (Å²) in [5, 5.41) is 0. The summed E-state index contributed by atoms with van der Waals surface area (Å²) >= 11 is 0. The van der Waals surface area contributed by atoms with Gasteiger partial charge in [0.15, 0.2) is 0 Å². The van der Waals surface area contributed by atoms with Crippen LogP contribution in [0.3, 0.4) is 0 Å². The SMILES string of the molecule is CC1CCCC(CCN2CCCN3CCCCC3C2)C1. The molecular formula is C18H34N2. The van der Waals surface area contributed by atoms with Crippen LogP contribution in [-0.2, 0) is 0 Å². The highest BCUT2D eigenvalue weighted by atomic mass is 15.2. The molecule has 0 radical (unpaired) electrons. The average Bonchev–Trinajstić information content (AvgIpc) is 2.67. The number of nitrogens with zero attached hydrogens (tertiary/aromatic N) is 2. The Morgan fingerprint density at radius 2 is 1.80 bits per heavy atom. The molecule has 2 heterocycles. The van der Waals surface area contributed by atoms with Crippen molar-refractivity contribution in [3.05, 3.63) is 0 Å². The molecule has 0 aromatic rings. The molecule has 2 aliphatic heterocycles. The van der Waals surface area contributed by atoms with Crippen LogP contribution < -0.4 is 0 Å². The fourth-order valence-corrected chi connectivity index (χ4v) is 4.84. The van der Waals surface area contributed by atoms with Gasteiger partial charge >= 0.3 is 0 Å². The third-order valence-electron chi connectivity index (χ3n) is 6.04. The molecule has 1 saturated carbocycles. The number of fused-ring (bicyclic) bond motifs is 1. The molecule has 0 N–H and O–H groups in total. The maximum absolute atomic E-state index is 2.80. The van der Waals surface area contributed by atoms with Gasteiger partial charge in [-0.05, 0) is 70.1 Å². The largest absolute Gasteiger partial charge is 0.302 e. The van der Waals surface area contributed by atoms with Crippen molar-refractivity contribution in [3.8, 4) is 0 Å². The number of hydrogen-bond donors (Lipinski definition) is 0. The van der Waals surface area contributed by atoms with Gasteiger partial charge in [-0.1, -0.05) is 32.6 Å². The topological polar surface area (TPSA) is 6.48 Å². The van der Waals surface area contributed by atoms with E-state index in [1.54, 1.807) is 0 Å². The quantitative estimate of drug-likeness (QED) is 0.775. The number of piperidine rings is 1. The Kier molecular flexibility index (Phi) is 5.39. The Bertz CT molecular complexity index is 291. The van der Waals surface area contributed by atoms with Gasteiger partial charge in [-0.15, -0.1) is 0 Å². The van der Waals surface area contributed by atoms with Gasteiger partial charge in [0.25, 0.3) is 0 Å². The van der Waals surface area contributed by atoms with Crippen LogP contribution in [0.15, 0.2) is 0 Å². The van der Waals surface area contributed by atoms with Gasteiger partial charge in [-0.25, -0.2) is 0 Å². The first-order valence-corrected chi connectivity index (χ1v) is 9.27. The molecular weight excluding hydrogens is 244 g/mol. The van der Waals surface area contributed by atoms with Gasteiger partial charge in [0.05, 0.1) is 0 Å². The summed E-state index contributed by atoms with van der Waals surface area (Å²) in [5.41, 5.74) is 0. The van der Waals surface area contributed by atoms with Crippen LogP contribution in [0.2, 0.25) is 0 Å². The summed E-state index contributed by atoms with van der Waals surface area (Å²) in [5.74, 6) is 2.02. The van der Waals surface area contributed by atoms with E-state index < -0.39 is 0 Å². The van der Waals surface area contributed by atoms with Crippen molar-refractivity contribution in [2.75, 3.05) is 32.7 Å². The van der Waals surface area contributed by atoms with Crippen LogP contribution in [0.5, 0.6) is 0 Å². The fourth-order valence-electron chi connectivity index (χ4n) is 4.84. The van der Waals surface area contributed by atoms with E-state index in [-0.39, 0.29) is 0 Å². The Morgan fingerprint density at radius 3 is 2.70 bits per heavy atom. The van der Waals surface area contributed by atoms with E-state index in [2.05, 4.69) is 16.7 Å². The van der Waals surface area contributed by atoms with Crippen molar-refractivity contribution in [1.82, 2.24) is 9.80 Å². The van der Waals surface area contributed by atoms with E-state index in [0.29, 0.717) is 0 Å². The molecule has 1 aliphatic carbocycles. The van der Waals surface area contributed by atoms with Gasteiger partial charge in [0, 0.05) is 12.6 Å². The van der Waals surface area contributed by atoms with Gasteiger partial charge in [-0.3, -0.25) is 4.90 Å². The van der Waals surface area contributed by atoms with Gasteiger partial charge in [0.2, 0.25) is 0 Å². The predicted octanol–water partition coefficient (Wildman–Crippen LogP) is 3.76. The molecule has 2 saturated heterocycles. The van der Waals surface area contributed by atoms with E-state index in [9.17, 15) is 0 Å². The normalized spacial score (nSPS) is 37.4. The second kappa shape index (κ2) is 7.26. The maximum Gasteiger partial charge on any atom is 0.0223 e. The minimum atomic E-state index is 0.886. The van der Waals surface area contributed by atoms with E-state index in [1.807, 2.05) is 0 Å². The molecule has 0 aromatic heterocycles. The second-order valence-electron chi connectivity index (χ2n) is 7.77. The molecule has 3 fully saturated rings. The number of rotatable bonds is 3. The van der Waals surface area contributed by atoms with Gasteiger partial charge in [-0.2, -0.15) is 0 Å². The van der Waals surface area contributed by atoms with Crippen molar-refractivity contribution in [2.24, 2.45) is 11.8 Å². The highest BCUT2D eigenvalue weighted by Gasteiger charge is 2.27. The first kappa shape index (κ1) is 14.8. The third kappa shape index (κ3) is 3.98. The monoisotopic (exact) mass is 278 g/mol. The zero-order valence-corrected chi connectivity index (χ0v) is 13.5. The van der Waals surface area contributed by atoms with Gasteiger partial charge in [0.1, 0.15) is 0 Å². The van der Waals surface area contributed by atoms with Crippen molar-refractivity contribution >= 4 is 0 Å². The van der Waals surface area contributed by atoms with E-state index in [4.69, 9.17) is 0 Å². The third-order valence-corrected chi connectivity index (χ3v) is 6.04. The van der Waals surface area contributed by atoms with Crippen molar-refractivity contribution < 1.29 is 0 Å². The van der Waals surface area contributed by atoms with E-state index >= 15 is 0 Å². The molecule has 3 aliphatic rings. The summed E-state index contributed by atoms with van der Waals surface area (Å²) in [6.45, 7) is 9.29. The summed E-state index contributed by atoms with van der Waals surface area (Å²) in [4.78, 5) is 5.58. The minimum Gasteiger partial charge on any atom is -0.302 e. The molecule has 0 spiro atoms. The lowest BCUT2D eigenvalue weighted by Crippen LogP contribution is -2.44. The molecule has 2 heteroatoms. The first-order valence-electron chi connectivity index (χ1n) is 9.27. The van der Waals surface area contributed by atoms with Crippen LogP contribution in [-0.4, -0.2) is 48.6 Å². The van der Waals surface area contributed by atoms with Crippen LogP contribution >= 0.6 is 0 Å². The Labute approximate surface area is 125 Å². The van der Waals surface area contributed by atoms with E-state index in [0.717, 1.165) is 17.9 Å². The molecule has 2 nitrogen and oxygen atoms in total. The van der Waals surface area contributed by atoms with Crippen molar-refractivity contribution in [2.45, 2.75) is 70.8 Å². The van der Waals surface area contributed by atoms with Crippen molar-refractivity contribution in [1.29, 1.82) is 0 Å². The summed E-state index contributed by atoms with van der Waals surface area (Å²) < 4.78 is 0. The highest BCUT2D eigenvalue weighted by Crippen LogP contribution is 2.31. The van der Waals surface area contributed by atoms with Crippen LogP contribution in [0.1, 0.15) is 64.7 Å². The lowest BCUT2D eigenvalue weighted by atomic mass is 9.81. The van der Waals surface area contributed by atoms with Crippen molar-refractivity contribution in [3.63, 3.8) is 0 Å². The molecule has 0 amide bonds. The van der Waals surface area contributed by atoms with Crippen LogP contribution in [0.25, 0.3) is 0 Å². The first-order chi connectivity index (χ1) is 9.81. The molecule has 116 valence electrons.